The predicted octanol–water partition coefficient (Wildman–Crippen LogP) is 2.09. The average Bonchev–Trinajstić information content (AvgIpc) is 2.07. The van der Waals surface area contributed by atoms with Gasteiger partial charge in [0, 0.05) is 7.11 Å². The molecule has 0 saturated carbocycles. The largest absolute Gasteiger partial charge is 0.479 e. The Morgan fingerprint density at radius 2 is 1.92 bits per heavy atom. The zero-order chi connectivity index (χ0) is 8.97. The monoisotopic (exact) mass is 182 g/mol. The van der Waals surface area contributed by atoms with Crippen LogP contribution < -0.4 is 0 Å². The Hall–Kier alpha value is -1.35. The van der Waals surface area contributed by atoms with Gasteiger partial charge >= 0.3 is 5.97 Å². The number of carbonyl (C=O) groups is 1. The van der Waals surface area contributed by atoms with Gasteiger partial charge in [-0.1, -0.05) is 37.8 Å². The molecule has 1 unspecified atom stereocenters. The van der Waals surface area contributed by atoms with E-state index in [1.54, 1.807) is 24.3 Å². The molecule has 0 aliphatic heterocycles. The third-order valence-corrected chi connectivity index (χ3v) is 1.56. The Balaban J connectivity index is 0.00000144. The molecule has 0 amide bonds. The van der Waals surface area contributed by atoms with E-state index < -0.39 is 12.1 Å². The van der Waals surface area contributed by atoms with Crippen molar-refractivity contribution in [1.29, 1.82) is 0 Å². The molecule has 3 heteroatoms. The summed E-state index contributed by atoms with van der Waals surface area (Å²) in [5.74, 6) is -0.969. The van der Waals surface area contributed by atoms with Crippen molar-refractivity contribution in [2.45, 2.75) is 13.5 Å². The highest BCUT2D eigenvalue weighted by Crippen LogP contribution is 2.15. The van der Waals surface area contributed by atoms with Crippen molar-refractivity contribution in [3.8, 4) is 0 Å². The van der Waals surface area contributed by atoms with Crippen LogP contribution in [-0.4, -0.2) is 18.2 Å². The summed E-state index contributed by atoms with van der Waals surface area (Å²) in [5, 5.41) is 8.70. The van der Waals surface area contributed by atoms with Crippen LogP contribution in [0.2, 0.25) is 0 Å². The molecule has 72 valence electrons. The Kier molecular flexibility index (Phi) is 4.77. The fraction of sp³-hybridized carbons (Fsp3) is 0.300. The van der Waals surface area contributed by atoms with E-state index in [-0.39, 0.29) is 7.43 Å². The van der Waals surface area contributed by atoms with Crippen molar-refractivity contribution in [2.75, 3.05) is 7.11 Å². The van der Waals surface area contributed by atoms with E-state index in [2.05, 4.69) is 0 Å². The fourth-order valence-corrected chi connectivity index (χ4v) is 1.01. The Morgan fingerprint density at radius 1 is 1.38 bits per heavy atom. The highest BCUT2D eigenvalue weighted by Gasteiger charge is 2.17. The summed E-state index contributed by atoms with van der Waals surface area (Å²) >= 11 is 0. The standard InChI is InChI=1S/C9H10O3.CH4/c1-12-8(9(10)11)7-5-3-2-4-6-7;/h2-6,8H,1H3,(H,10,11);1H4. The van der Waals surface area contributed by atoms with E-state index in [1.165, 1.54) is 7.11 Å². The van der Waals surface area contributed by atoms with Gasteiger partial charge < -0.3 is 9.84 Å². The summed E-state index contributed by atoms with van der Waals surface area (Å²) in [5.41, 5.74) is 0.660. The maximum absolute atomic E-state index is 10.6. The summed E-state index contributed by atoms with van der Waals surface area (Å²) in [7, 11) is 1.38. The van der Waals surface area contributed by atoms with Gasteiger partial charge in [-0.05, 0) is 5.56 Å². The first kappa shape index (κ1) is 11.6. The number of benzene rings is 1. The second-order valence-electron chi connectivity index (χ2n) is 2.36. The van der Waals surface area contributed by atoms with Gasteiger partial charge in [0.1, 0.15) is 0 Å². The van der Waals surface area contributed by atoms with Gasteiger partial charge in [-0.25, -0.2) is 4.79 Å². The minimum absolute atomic E-state index is 0. The molecule has 0 fully saturated rings. The molecule has 0 saturated heterocycles. The molecule has 0 aromatic heterocycles. The van der Waals surface area contributed by atoms with E-state index in [9.17, 15) is 4.79 Å². The van der Waals surface area contributed by atoms with Crippen LogP contribution in [0.1, 0.15) is 19.1 Å². The summed E-state index contributed by atoms with van der Waals surface area (Å²) in [6.07, 6.45) is -0.855. The van der Waals surface area contributed by atoms with E-state index in [0.29, 0.717) is 5.56 Å². The molecule has 0 radical (unpaired) electrons. The van der Waals surface area contributed by atoms with Crippen LogP contribution in [0.5, 0.6) is 0 Å². The minimum atomic E-state index is -0.969. The molecule has 0 bridgehead atoms. The van der Waals surface area contributed by atoms with Crippen molar-refractivity contribution in [2.24, 2.45) is 0 Å². The molecular formula is C10H14O3. The number of ether oxygens (including phenoxy) is 1. The topological polar surface area (TPSA) is 46.5 Å². The lowest BCUT2D eigenvalue weighted by molar-refractivity contribution is -0.148. The van der Waals surface area contributed by atoms with Gasteiger partial charge in [0.05, 0.1) is 0 Å². The first-order chi connectivity index (χ1) is 5.75. The number of hydrogen-bond acceptors (Lipinski definition) is 2. The molecule has 0 spiro atoms. The number of carboxylic acids is 1. The van der Waals surface area contributed by atoms with Crippen molar-refractivity contribution in [3.05, 3.63) is 35.9 Å². The molecule has 0 aliphatic carbocycles. The number of rotatable bonds is 3. The first-order valence-electron chi connectivity index (χ1n) is 3.56. The minimum Gasteiger partial charge on any atom is -0.479 e. The maximum Gasteiger partial charge on any atom is 0.337 e. The third kappa shape index (κ3) is 2.87. The highest BCUT2D eigenvalue weighted by molar-refractivity contribution is 5.74. The van der Waals surface area contributed by atoms with E-state index >= 15 is 0 Å². The van der Waals surface area contributed by atoms with Crippen LogP contribution in [-0.2, 0) is 9.53 Å². The van der Waals surface area contributed by atoms with Crippen LogP contribution in [0.4, 0.5) is 0 Å². The predicted molar refractivity (Wildman–Crippen MR) is 50.6 cm³/mol. The van der Waals surface area contributed by atoms with Crippen molar-refractivity contribution in [3.63, 3.8) is 0 Å². The summed E-state index contributed by atoms with van der Waals surface area (Å²) in [6.45, 7) is 0. The molecule has 1 aromatic rings. The molecular weight excluding hydrogens is 168 g/mol. The number of aliphatic carboxylic acids is 1. The van der Waals surface area contributed by atoms with Crippen LogP contribution in [0.15, 0.2) is 30.3 Å². The lowest BCUT2D eigenvalue weighted by Crippen LogP contribution is -2.12. The Bertz CT molecular complexity index is 256. The second kappa shape index (κ2) is 5.32. The molecule has 13 heavy (non-hydrogen) atoms. The van der Waals surface area contributed by atoms with Gasteiger partial charge in [-0.3, -0.25) is 0 Å². The molecule has 1 aromatic carbocycles. The highest BCUT2D eigenvalue weighted by atomic mass is 16.5. The Labute approximate surface area is 78.0 Å². The lowest BCUT2D eigenvalue weighted by atomic mass is 10.1. The summed E-state index contributed by atoms with van der Waals surface area (Å²) < 4.78 is 4.80. The molecule has 0 aliphatic rings. The van der Waals surface area contributed by atoms with Gasteiger partial charge in [0.15, 0.2) is 6.10 Å². The van der Waals surface area contributed by atoms with Gasteiger partial charge in [0.25, 0.3) is 0 Å². The van der Waals surface area contributed by atoms with E-state index in [0.717, 1.165) is 0 Å². The van der Waals surface area contributed by atoms with Crippen molar-refractivity contribution < 1.29 is 14.6 Å². The van der Waals surface area contributed by atoms with Gasteiger partial charge in [0.2, 0.25) is 0 Å². The summed E-state index contributed by atoms with van der Waals surface area (Å²) in [4.78, 5) is 10.6. The third-order valence-electron chi connectivity index (χ3n) is 1.56. The average molecular weight is 182 g/mol. The van der Waals surface area contributed by atoms with Crippen LogP contribution in [0.25, 0.3) is 0 Å². The Morgan fingerprint density at radius 3 is 2.31 bits per heavy atom. The molecule has 1 atom stereocenters. The zero-order valence-electron chi connectivity index (χ0n) is 6.73. The number of methoxy groups -OCH3 is 1. The zero-order valence-corrected chi connectivity index (χ0v) is 6.73. The van der Waals surface area contributed by atoms with Crippen LogP contribution in [0, 0.1) is 0 Å². The first-order valence-corrected chi connectivity index (χ1v) is 3.56. The fourth-order valence-electron chi connectivity index (χ4n) is 1.01. The second-order valence-corrected chi connectivity index (χ2v) is 2.36. The smallest absolute Gasteiger partial charge is 0.337 e. The van der Waals surface area contributed by atoms with Gasteiger partial charge in [-0.15, -0.1) is 0 Å². The van der Waals surface area contributed by atoms with E-state index in [4.69, 9.17) is 9.84 Å². The molecule has 1 N–H and O–H groups in total. The maximum atomic E-state index is 10.6. The summed E-state index contributed by atoms with van der Waals surface area (Å²) in [6, 6.07) is 8.84. The normalized spacial score (nSPS) is 11.5. The van der Waals surface area contributed by atoms with E-state index in [1.807, 2.05) is 6.07 Å². The SMILES string of the molecule is C.COC(C(=O)O)c1ccccc1. The molecule has 1 rings (SSSR count). The lowest BCUT2D eigenvalue weighted by Gasteiger charge is -2.09. The quantitative estimate of drug-likeness (QED) is 0.778. The van der Waals surface area contributed by atoms with Crippen LogP contribution >= 0.6 is 0 Å². The molecule has 3 nitrogen and oxygen atoms in total. The number of carboxylic acid groups (broad SMARTS) is 1. The molecule has 0 heterocycles. The number of hydrogen-bond donors (Lipinski definition) is 1. The van der Waals surface area contributed by atoms with Crippen molar-refractivity contribution in [1.82, 2.24) is 0 Å². The van der Waals surface area contributed by atoms with Crippen LogP contribution in [0.3, 0.4) is 0 Å². The van der Waals surface area contributed by atoms with Gasteiger partial charge in [-0.2, -0.15) is 0 Å². The van der Waals surface area contributed by atoms with Crippen molar-refractivity contribution >= 4 is 5.97 Å².